The molecule has 0 bridgehead atoms. The van der Waals surface area contributed by atoms with Crippen molar-refractivity contribution in [2.24, 2.45) is 0 Å². The number of rotatable bonds is 6. The molecule has 0 saturated carbocycles. The van der Waals surface area contributed by atoms with E-state index in [1.165, 1.54) is 24.5 Å². The minimum Gasteiger partial charge on any atom is -0.326 e. The summed E-state index contributed by atoms with van der Waals surface area (Å²) < 4.78 is 26.5. The topological polar surface area (TPSA) is 97.3 Å². The summed E-state index contributed by atoms with van der Waals surface area (Å²) in [5.41, 5.74) is 0.596. The number of carbonyl (C=O) groups excluding carboxylic acids is 2. The highest BCUT2D eigenvalue weighted by molar-refractivity contribution is 7.90. The van der Waals surface area contributed by atoms with Crippen molar-refractivity contribution in [1.29, 1.82) is 0 Å². The van der Waals surface area contributed by atoms with Crippen LogP contribution in [0.5, 0.6) is 0 Å². The molecular formula is C19H16ClN3O4S. The Labute approximate surface area is 167 Å². The summed E-state index contributed by atoms with van der Waals surface area (Å²) in [6.07, 6.45) is 2.32. The van der Waals surface area contributed by atoms with Crippen LogP contribution in [0.4, 0.5) is 11.4 Å². The van der Waals surface area contributed by atoms with E-state index < -0.39 is 28.3 Å². The molecule has 0 aliphatic heterocycles. The van der Waals surface area contributed by atoms with Crippen LogP contribution < -0.4 is 10.6 Å². The molecule has 7 nitrogen and oxygen atoms in total. The van der Waals surface area contributed by atoms with E-state index in [9.17, 15) is 18.0 Å². The normalized spacial score (nSPS) is 11.0. The van der Waals surface area contributed by atoms with E-state index in [1.54, 1.807) is 48.5 Å². The number of anilines is 2. The number of hydrogen-bond acceptors (Lipinski definition) is 4. The molecule has 2 N–H and O–H groups in total. The van der Waals surface area contributed by atoms with Crippen molar-refractivity contribution in [1.82, 2.24) is 3.97 Å². The van der Waals surface area contributed by atoms with Crippen molar-refractivity contribution in [3.8, 4) is 0 Å². The molecule has 0 aliphatic carbocycles. The van der Waals surface area contributed by atoms with E-state index in [4.69, 9.17) is 11.6 Å². The van der Waals surface area contributed by atoms with E-state index in [1.807, 2.05) is 0 Å². The smallest absolute Gasteiger partial charge is 0.269 e. The first-order valence-electron chi connectivity index (χ1n) is 8.19. The lowest BCUT2D eigenvalue weighted by Crippen LogP contribution is -2.23. The van der Waals surface area contributed by atoms with Crippen LogP contribution in [0.15, 0.2) is 78.0 Å². The van der Waals surface area contributed by atoms with Crippen LogP contribution in [-0.4, -0.2) is 24.2 Å². The van der Waals surface area contributed by atoms with Gasteiger partial charge in [0.2, 0.25) is 11.8 Å². The molecule has 28 heavy (non-hydrogen) atoms. The molecule has 0 fully saturated rings. The Morgan fingerprint density at radius 3 is 2.14 bits per heavy atom. The number of nitrogens with one attached hydrogen (secondary N) is 2. The standard InChI is InChI=1S/C19H16ClN3O4S/c20-14-7-9-15(10-8-14)21-18(24)13-19(25)22-16-5-1-2-6-17(16)28(26,27)23-11-3-4-12-23/h1-12H,13H2,(H,21,24)(H,22,25). The first-order chi connectivity index (χ1) is 13.4. The predicted octanol–water partition coefficient (Wildman–Crippen LogP) is 3.35. The van der Waals surface area contributed by atoms with Crippen LogP contribution in [0, 0.1) is 0 Å². The van der Waals surface area contributed by atoms with Crippen molar-refractivity contribution >= 4 is 44.8 Å². The summed E-state index contributed by atoms with van der Waals surface area (Å²) in [4.78, 5) is 24.2. The van der Waals surface area contributed by atoms with Crippen molar-refractivity contribution < 1.29 is 18.0 Å². The summed E-state index contributed by atoms with van der Waals surface area (Å²) in [6.45, 7) is 0. The van der Waals surface area contributed by atoms with E-state index in [2.05, 4.69) is 10.6 Å². The average Bonchev–Trinajstić information content (AvgIpc) is 3.19. The third-order valence-corrected chi connectivity index (χ3v) is 5.71. The third-order valence-electron chi connectivity index (χ3n) is 3.74. The van der Waals surface area contributed by atoms with Gasteiger partial charge in [0.1, 0.15) is 11.3 Å². The molecule has 144 valence electrons. The maximum absolute atomic E-state index is 12.7. The van der Waals surface area contributed by atoms with Gasteiger partial charge in [-0.3, -0.25) is 9.59 Å². The van der Waals surface area contributed by atoms with Crippen molar-refractivity contribution in [3.63, 3.8) is 0 Å². The van der Waals surface area contributed by atoms with E-state index in [0.29, 0.717) is 10.7 Å². The third kappa shape index (κ3) is 4.59. The SMILES string of the molecule is O=C(CC(=O)Nc1ccccc1S(=O)(=O)n1cccc1)Nc1ccc(Cl)cc1. The highest BCUT2D eigenvalue weighted by atomic mass is 35.5. The maximum Gasteiger partial charge on any atom is 0.269 e. The van der Waals surface area contributed by atoms with Crippen LogP contribution >= 0.6 is 11.6 Å². The fraction of sp³-hybridized carbons (Fsp3) is 0.0526. The fourth-order valence-electron chi connectivity index (χ4n) is 2.47. The monoisotopic (exact) mass is 417 g/mol. The van der Waals surface area contributed by atoms with Gasteiger partial charge >= 0.3 is 0 Å². The Morgan fingerprint density at radius 2 is 1.46 bits per heavy atom. The second-order valence-electron chi connectivity index (χ2n) is 5.79. The van der Waals surface area contributed by atoms with Gasteiger partial charge in [-0.25, -0.2) is 12.4 Å². The summed E-state index contributed by atoms with van der Waals surface area (Å²) in [7, 11) is -3.86. The van der Waals surface area contributed by atoms with E-state index in [0.717, 1.165) is 3.97 Å². The molecular weight excluding hydrogens is 402 g/mol. The van der Waals surface area contributed by atoms with Gasteiger partial charge in [0.15, 0.2) is 0 Å². The zero-order valence-electron chi connectivity index (χ0n) is 14.5. The second kappa shape index (κ2) is 8.28. The Morgan fingerprint density at radius 1 is 0.857 bits per heavy atom. The van der Waals surface area contributed by atoms with Crippen molar-refractivity contribution in [2.75, 3.05) is 10.6 Å². The zero-order valence-corrected chi connectivity index (χ0v) is 16.1. The van der Waals surface area contributed by atoms with Gasteiger partial charge in [-0.2, -0.15) is 0 Å². The number of nitrogens with zero attached hydrogens (tertiary/aromatic N) is 1. The van der Waals surface area contributed by atoms with Gasteiger partial charge in [0.05, 0.1) is 5.69 Å². The van der Waals surface area contributed by atoms with Gasteiger partial charge in [0, 0.05) is 23.1 Å². The summed E-state index contributed by atoms with van der Waals surface area (Å²) in [6, 6.07) is 15.6. The molecule has 0 saturated heterocycles. The highest BCUT2D eigenvalue weighted by Crippen LogP contribution is 2.23. The number of benzene rings is 2. The Kier molecular flexibility index (Phi) is 5.81. The lowest BCUT2D eigenvalue weighted by Gasteiger charge is -2.12. The Hall–Kier alpha value is -3.10. The quantitative estimate of drug-likeness (QED) is 0.601. The molecule has 0 spiro atoms. The fourth-order valence-corrected chi connectivity index (χ4v) is 3.93. The van der Waals surface area contributed by atoms with Gasteiger partial charge < -0.3 is 10.6 Å². The molecule has 0 radical (unpaired) electrons. The van der Waals surface area contributed by atoms with Crippen molar-refractivity contribution in [3.05, 3.63) is 78.1 Å². The summed E-state index contributed by atoms with van der Waals surface area (Å²) in [5, 5.41) is 5.59. The number of carbonyl (C=O) groups is 2. The molecule has 0 unspecified atom stereocenters. The van der Waals surface area contributed by atoms with Crippen LogP contribution in [0.2, 0.25) is 5.02 Å². The lowest BCUT2D eigenvalue weighted by molar-refractivity contribution is -0.123. The lowest BCUT2D eigenvalue weighted by atomic mass is 10.3. The molecule has 1 aromatic heterocycles. The van der Waals surface area contributed by atoms with Gasteiger partial charge in [-0.1, -0.05) is 23.7 Å². The van der Waals surface area contributed by atoms with Gasteiger partial charge in [-0.05, 0) is 48.5 Å². The van der Waals surface area contributed by atoms with E-state index in [-0.39, 0.29) is 10.6 Å². The molecule has 0 aliphatic rings. The molecule has 2 aromatic carbocycles. The number of para-hydroxylation sites is 1. The predicted molar refractivity (Wildman–Crippen MR) is 107 cm³/mol. The number of amides is 2. The number of hydrogen-bond donors (Lipinski definition) is 2. The first kappa shape index (κ1) is 19.7. The minimum atomic E-state index is -3.86. The number of halogens is 1. The Balaban J connectivity index is 1.71. The molecule has 3 rings (SSSR count). The zero-order chi connectivity index (χ0) is 20.1. The van der Waals surface area contributed by atoms with Gasteiger partial charge in [-0.15, -0.1) is 0 Å². The minimum absolute atomic E-state index is 0.0716. The molecule has 9 heteroatoms. The van der Waals surface area contributed by atoms with Crippen LogP contribution in [-0.2, 0) is 19.6 Å². The van der Waals surface area contributed by atoms with Crippen LogP contribution in [0.1, 0.15) is 6.42 Å². The second-order valence-corrected chi connectivity index (χ2v) is 8.04. The van der Waals surface area contributed by atoms with Gasteiger partial charge in [0.25, 0.3) is 10.0 Å². The average molecular weight is 418 g/mol. The molecule has 1 heterocycles. The van der Waals surface area contributed by atoms with Crippen LogP contribution in [0.25, 0.3) is 0 Å². The van der Waals surface area contributed by atoms with Crippen LogP contribution in [0.3, 0.4) is 0 Å². The Bertz CT molecular complexity index is 1090. The number of aromatic nitrogens is 1. The molecule has 0 atom stereocenters. The molecule has 3 aromatic rings. The molecule has 2 amide bonds. The maximum atomic E-state index is 12.7. The first-order valence-corrected chi connectivity index (χ1v) is 10.0. The largest absolute Gasteiger partial charge is 0.326 e. The summed E-state index contributed by atoms with van der Waals surface area (Å²) >= 11 is 5.78. The van der Waals surface area contributed by atoms with Crippen molar-refractivity contribution in [2.45, 2.75) is 11.3 Å². The summed E-state index contributed by atoms with van der Waals surface area (Å²) in [5.74, 6) is -1.17. The highest BCUT2D eigenvalue weighted by Gasteiger charge is 2.21. The van der Waals surface area contributed by atoms with E-state index >= 15 is 0 Å².